The van der Waals surface area contributed by atoms with E-state index < -0.39 is 11.9 Å². The summed E-state index contributed by atoms with van der Waals surface area (Å²) in [6.07, 6.45) is 1.44. The lowest BCUT2D eigenvalue weighted by Gasteiger charge is -2.15. The molecule has 88 valence electrons. The minimum atomic E-state index is -0.807. The van der Waals surface area contributed by atoms with Crippen LogP contribution in [0.25, 0.3) is 0 Å². The number of aliphatic carboxylic acids is 1. The molecule has 0 saturated carbocycles. The fourth-order valence-electron chi connectivity index (χ4n) is 1.68. The fourth-order valence-corrected chi connectivity index (χ4v) is 2.06. The van der Waals surface area contributed by atoms with Gasteiger partial charge >= 0.3 is 5.97 Å². The number of benzene rings is 1. The molecule has 0 bridgehead atoms. The number of carboxylic acid groups (broad SMARTS) is 1. The van der Waals surface area contributed by atoms with Crippen molar-refractivity contribution in [1.29, 1.82) is 0 Å². The molecule has 0 radical (unpaired) electrons. The fraction of sp³-hybridized carbons (Fsp3) is 0.417. The smallest absolute Gasteiger partial charge is 0.311 e. The molecule has 1 aromatic carbocycles. The van der Waals surface area contributed by atoms with E-state index in [1.54, 1.807) is 13.2 Å². The highest BCUT2D eigenvalue weighted by Gasteiger charge is 2.22. The quantitative estimate of drug-likeness (QED) is 0.902. The summed E-state index contributed by atoms with van der Waals surface area (Å²) in [5.74, 6) is -0.681. The highest BCUT2D eigenvalue weighted by atomic mass is 79.9. The Bertz CT molecular complexity index is 377. The predicted octanol–water partition coefficient (Wildman–Crippen LogP) is 3.43. The SMILES string of the molecule is CCCC(C(=O)O)c1cc(Br)ccc1OC. The van der Waals surface area contributed by atoms with Crippen molar-refractivity contribution >= 4 is 21.9 Å². The molecule has 0 amide bonds. The van der Waals surface area contributed by atoms with E-state index in [9.17, 15) is 9.90 Å². The van der Waals surface area contributed by atoms with E-state index in [4.69, 9.17) is 4.74 Å². The van der Waals surface area contributed by atoms with Gasteiger partial charge in [-0.25, -0.2) is 0 Å². The van der Waals surface area contributed by atoms with Crippen molar-refractivity contribution in [3.8, 4) is 5.75 Å². The van der Waals surface area contributed by atoms with Crippen LogP contribution >= 0.6 is 15.9 Å². The van der Waals surface area contributed by atoms with Crippen molar-refractivity contribution in [3.05, 3.63) is 28.2 Å². The molecule has 16 heavy (non-hydrogen) atoms. The van der Waals surface area contributed by atoms with Crippen LogP contribution in [0.5, 0.6) is 5.75 Å². The van der Waals surface area contributed by atoms with Gasteiger partial charge < -0.3 is 9.84 Å². The maximum absolute atomic E-state index is 11.2. The number of methoxy groups -OCH3 is 1. The first-order valence-electron chi connectivity index (χ1n) is 5.16. The van der Waals surface area contributed by atoms with Crippen LogP contribution in [0.4, 0.5) is 0 Å². The van der Waals surface area contributed by atoms with Gasteiger partial charge in [-0.05, 0) is 24.6 Å². The first-order chi connectivity index (χ1) is 7.60. The van der Waals surface area contributed by atoms with Crippen molar-refractivity contribution < 1.29 is 14.6 Å². The molecular formula is C12H15BrO3. The van der Waals surface area contributed by atoms with Gasteiger partial charge in [0.1, 0.15) is 5.75 Å². The van der Waals surface area contributed by atoms with E-state index in [0.29, 0.717) is 12.2 Å². The van der Waals surface area contributed by atoms with Gasteiger partial charge in [-0.15, -0.1) is 0 Å². The third-order valence-corrected chi connectivity index (χ3v) is 2.94. The zero-order valence-electron chi connectivity index (χ0n) is 9.37. The van der Waals surface area contributed by atoms with Gasteiger partial charge in [-0.3, -0.25) is 4.79 Å². The molecule has 0 aromatic heterocycles. The normalized spacial score (nSPS) is 12.2. The number of carboxylic acids is 1. The van der Waals surface area contributed by atoms with Crippen molar-refractivity contribution in [2.24, 2.45) is 0 Å². The molecule has 0 fully saturated rings. The number of rotatable bonds is 5. The number of hydrogen-bond acceptors (Lipinski definition) is 2. The van der Waals surface area contributed by atoms with Crippen LogP contribution in [0, 0.1) is 0 Å². The topological polar surface area (TPSA) is 46.5 Å². The lowest BCUT2D eigenvalue weighted by molar-refractivity contribution is -0.139. The molecule has 0 spiro atoms. The Morgan fingerprint density at radius 2 is 2.25 bits per heavy atom. The lowest BCUT2D eigenvalue weighted by Crippen LogP contribution is -2.12. The standard InChI is InChI=1S/C12H15BrO3/c1-3-4-9(12(14)15)10-7-8(13)5-6-11(10)16-2/h5-7,9H,3-4H2,1-2H3,(H,14,15). The Morgan fingerprint density at radius 3 is 2.75 bits per heavy atom. The monoisotopic (exact) mass is 286 g/mol. The summed E-state index contributed by atoms with van der Waals surface area (Å²) >= 11 is 3.35. The van der Waals surface area contributed by atoms with Gasteiger partial charge in [0, 0.05) is 10.0 Å². The van der Waals surface area contributed by atoms with Crippen LogP contribution in [-0.2, 0) is 4.79 Å². The summed E-state index contributed by atoms with van der Waals surface area (Å²) in [4.78, 5) is 11.2. The molecule has 1 N–H and O–H groups in total. The van der Waals surface area contributed by atoms with Crippen LogP contribution in [0.1, 0.15) is 31.2 Å². The zero-order valence-corrected chi connectivity index (χ0v) is 11.0. The van der Waals surface area contributed by atoms with Gasteiger partial charge in [-0.1, -0.05) is 29.3 Å². The van der Waals surface area contributed by atoms with Crippen LogP contribution in [0.2, 0.25) is 0 Å². The average Bonchev–Trinajstić information content (AvgIpc) is 2.25. The molecule has 1 atom stereocenters. The van der Waals surface area contributed by atoms with E-state index in [1.165, 1.54) is 0 Å². The first-order valence-corrected chi connectivity index (χ1v) is 5.95. The van der Waals surface area contributed by atoms with Crippen LogP contribution < -0.4 is 4.74 Å². The highest BCUT2D eigenvalue weighted by Crippen LogP contribution is 2.32. The minimum absolute atomic E-state index is 0.502. The molecule has 1 rings (SSSR count). The largest absolute Gasteiger partial charge is 0.496 e. The summed E-state index contributed by atoms with van der Waals surface area (Å²) in [6, 6.07) is 5.44. The Kier molecular flexibility index (Phi) is 4.80. The van der Waals surface area contributed by atoms with E-state index in [-0.39, 0.29) is 0 Å². The second-order valence-electron chi connectivity index (χ2n) is 3.57. The van der Waals surface area contributed by atoms with Crippen LogP contribution in [0.15, 0.2) is 22.7 Å². The molecule has 3 nitrogen and oxygen atoms in total. The molecule has 4 heteroatoms. The second-order valence-corrected chi connectivity index (χ2v) is 4.48. The third kappa shape index (κ3) is 2.98. The number of carbonyl (C=O) groups is 1. The van der Waals surface area contributed by atoms with Gasteiger partial charge in [-0.2, -0.15) is 0 Å². The number of hydrogen-bond donors (Lipinski definition) is 1. The van der Waals surface area contributed by atoms with Gasteiger partial charge in [0.2, 0.25) is 0 Å². The second kappa shape index (κ2) is 5.89. The highest BCUT2D eigenvalue weighted by molar-refractivity contribution is 9.10. The molecule has 0 aliphatic rings. The van der Waals surface area contributed by atoms with Crippen molar-refractivity contribution in [2.45, 2.75) is 25.7 Å². The summed E-state index contributed by atoms with van der Waals surface area (Å²) in [5.41, 5.74) is 0.728. The molecule has 0 aliphatic heterocycles. The van der Waals surface area contributed by atoms with E-state index in [1.807, 2.05) is 19.1 Å². The van der Waals surface area contributed by atoms with Gasteiger partial charge in [0.15, 0.2) is 0 Å². The molecule has 0 saturated heterocycles. The van der Waals surface area contributed by atoms with E-state index in [2.05, 4.69) is 15.9 Å². The van der Waals surface area contributed by atoms with E-state index >= 15 is 0 Å². The van der Waals surface area contributed by atoms with Crippen molar-refractivity contribution in [3.63, 3.8) is 0 Å². The summed E-state index contributed by atoms with van der Waals surface area (Å²) in [5, 5.41) is 9.20. The molecule has 1 unspecified atom stereocenters. The Labute approximate surface area is 104 Å². The zero-order chi connectivity index (χ0) is 12.1. The Hall–Kier alpha value is -1.03. The van der Waals surface area contributed by atoms with Gasteiger partial charge in [0.05, 0.1) is 13.0 Å². The molecule has 0 aliphatic carbocycles. The maximum atomic E-state index is 11.2. The molecular weight excluding hydrogens is 272 g/mol. The molecule has 1 aromatic rings. The third-order valence-electron chi connectivity index (χ3n) is 2.44. The lowest BCUT2D eigenvalue weighted by atomic mass is 9.94. The van der Waals surface area contributed by atoms with Crippen molar-refractivity contribution in [2.75, 3.05) is 7.11 Å². The molecule has 0 heterocycles. The Balaban J connectivity index is 3.15. The summed E-state index contributed by atoms with van der Waals surface area (Å²) < 4.78 is 6.06. The summed E-state index contributed by atoms with van der Waals surface area (Å²) in [6.45, 7) is 1.97. The van der Waals surface area contributed by atoms with Gasteiger partial charge in [0.25, 0.3) is 0 Å². The first kappa shape index (κ1) is 13.0. The Morgan fingerprint density at radius 1 is 1.56 bits per heavy atom. The van der Waals surface area contributed by atoms with Crippen LogP contribution in [0.3, 0.4) is 0 Å². The number of ether oxygens (including phenoxy) is 1. The minimum Gasteiger partial charge on any atom is -0.496 e. The van der Waals surface area contributed by atoms with Crippen molar-refractivity contribution in [1.82, 2.24) is 0 Å². The maximum Gasteiger partial charge on any atom is 0.311 e. The summed E-state index contributed by atoms with van der Waals surface area (Å²) in [7, 11) is 1.55. The average molecular weight is 287 g/mol. The number of halogens is 1. The van der Waals surface area contributed by atoms with E-state index in [0.717, 1.165) is 16.5 Å². The predicted molar refractivity (Wildman–Crippen MR) is 66.0 cm³/mol. The van der Waals surface area contributed by atoms with Crippen LogP contribution in [-0.4, -0.2) is 18.2 Å².